The third kappa shape index (κ3) is 5.09. The van der Waals surface area contributed by atoms with Crippen molar-refractivity contribution in [1.29, 1.82) is 0 Å². The summed E-state index contributed by atoms with van der Waals surface area (Å²) < 4.78 is 6.23. The first-order valence-corrected chi connectivity index (χ1v) is 8.62. The number of rotatable bonds is 1. The normalized spacial score (nSPS) is 18.3. The van der Waals surface area contributed by atoms with Gasteiger partial charge in [-0.2, -0.15) is 0 Å². The summed E-state index contributed by atoms with van der Waals surface area (Å²) in [6.07, 6.45) is 1.28. The fourth-order valence-electron chi connectivity index (χ4n) is 2.38. The van der Waals surface area contributed by atoms with Gasteiger partial charge in [0.05, 0.1) is 0 Å². The third-order valence-corrected chi connectivity index (χ3v) is 3.97. The molecule has 1 N–H and O–H groups in total. The van der Waals surface area contributed by atoms with Crippen LogP contribution in [-0.2, 0) is 4.74 Å². The summed E-state index contributed by atoms with van der Waals surface area (Å²) in [7, 11) is 0. The topological polar surface area (TPSA) is 74.8 Å². The molecule has 0 unspecified atom stereocenters. The van der Waals surface area contributed by atoms with Crippen molar-refractivity contribution in [1.82, 2.24) is 14.8 Å². The van der Waals surface area contributed by atoms with Crippen molar-refractivity contribution in [3.63, 3.8) is 0 Å². The number of pyridine rings is 1. The van der Waals surface area contributed by atoms with E-state index in [9.17, 15) is 9.59 Å². The molecule has 3 amide bonds. The molecule has 1 fully saturated rings. The molecule has 1 atom stereocenters. The van der Waals surface area contributed by atoms with E-state index in [1.165, 1.54) is 0 Å². The summed E-state index contributed by atoms with van der Waals surface area (Å²) in [4.78, 5) is 32.0. The van der Waals surface area contributed by atoms with E-state index in [1.807, 2.05) is 33.8 Å². The second-order valence-corrected chi connectivity index (χ2v) is 7.68. The highest BCUT2D eigenvalue weighted by molar-refractivity contribution is 9.10. The van der Waals surface area contributed by atoms with Crippen molar-refractivity contribution in [2.75, 3.05) is 25.0 Å². The molecule has 0 aliphatic carbocycles. The number of nitrogens with one attached hydrogen (secondary N) is 1. The van der Waals surface area contributed by atoms with Gasteiger partial charge in [-0.15, -0.1) is 0 Å². The minimum Gasteiger partial charge on any atom is -0.444 e. The molecule has 1 aliphatic rings. The number of piperazine rings is 1. The molecule has 1 aliphatic heterocycles. The minimum atomic E-state index is -0.526. The van der Waals surface area contributed by atoms with Crippen LogP contribution in [0.1, 0.15) is 27.7 Å². The minimum absolute atomic E-state index is 0.110. The fraction of sp³-hybridized carbons (Fsp3) is 0.562. The van der Waals surface area contributed by atoms with Crippen molar-refractivity contribution < 1.29 is 14.3 Å². The Balaban J connectivity index is 1.91. The Labute approximate surface area is 150 Å². The smallest absolute Gasteiger partial charge is 0.410 e. The predicted octanol–water partition coefficient (Wildman–Crippen LogP) is 3.32. The largest absolute Gasteiger partial charge is 0.444 e. The SMILES string of the molecule is C[C@@H]1CN(C(=O)OC(C)(C)C)CCN1C(=O)Nc1ccc(Br)cn1. The maximum atomic E-state index is 12.4. The van der Waals surface area contributed by atoms with Crippen LogP contribution < -0.4 is 5.32 Å². The van der Waals surface area contributed by atoms with Crippen molar-refractivity contribution in [3.8, 4) is 0 Å². The summed E-state index contributed by atoms with van der Waals surface area (Å²) in [5.74, 6) is 0.491. The number of carbonyl (C=O) groups is 2. The molecule has 24 heavy (non-hydrogen) atoms. The molecule has 0 spiro atoms. The average Bonchev–Trinajstić information content (AvgIpc) is 2.47. The first kappa shape index (κ1) is 18.5. The van der Waals surface area contributed by atoms with Gasteiger partial charge < -0.3 is 14.5 Å². The summed E-state index contributed by atoms with van der Waals surface area (Å²) in [6.45, 7) is 8.75. The second-order valence-electron chi connectivity index (χ2n) is 6.76. The summed E-state index contributed by atoms with van der Waals surface area (Å²) in [6, 6.07) is 3.21. The first-order valence-electron chi connectivity index (χ1n) is 7.83. The van der Waals surface area contributed by atoms with Gasteiger partial charge in [-0.25, -0.2) is 14.6 Å². The van der Waals surface area contributed by atoms with Crippen LogP contribution in [0.4, 0.5) is 15.4 Å². The molecule has 0 aromatic carbocycles. The molecule has 0 bridgehead atoms. The van der Waals surface area contributed by atoms with Crippen LogP contribution in [0.3, 0.4) is 0 Å². The molecule has 0 radical (unpaired) electrons. The lowest BCUT2D eigenvalue weighted by atomic mass is 10.2. The van der Waals surface area contributed by atoms with Crippen molar-refractivity contribution in [2.24, 2.45) is 0 Å². The van der Waals surface area contributed by atoms with Gasteiger partial charge in [0, 0.05) is 36.3 Å². The zero-order chi connectivity index (χ0) is 17.9. The number of urea groups is 1. The van der Waals surface area contributed by atoms with Crippen LogP contribution >= 0.6 is 15.9 Å². The molecule has 1 aromatic heterocycles. The van der Waals surface area contributed by atoms with Gasteiger partial charge in [0.2, 0.25) is 0 Å². The van der Waals surface area contributed by atoms with Gasteiger partial charge in [-0.05, 0) is 55.8 Å². The zero-order valence-corrected chi connectivity index (χ0v) is 16.0. The third-order valence-electron chi connectivity index (χ3n) is 3.50. The van der Waals surface area contributed by atoms with Gasteiger partial charge in [0.1, 0.15) is 11.4 Å². The van der Waals surface area contributed by atoms with E-state index in [0.717, 1.165) is 4.47 Å². The Morgan fingerprint density at radius 1 is 1.33 bits per heavy atom. The van der Waals surface area contributed by atoms with Gasteiger partial charge >= 0.3 is 12.1 Å². The van der Waals surface area contributed by atoms with E-state index in [0.29, 0.717) is 25.5 Å². The van der Waals surface area contributed by atoms with E-state index >= 15 is 0 Å². The Bertz CT molecular complexity index is 600. The molecular weight excluding hydrogens is 376 g/mol. The highest BCUT2D eigenvalue weighted by atomic mass is 79.9. The van der Waals surface area contributed by atoms with Gasteiger partial charge in [0.25, 0.3) is 0 Å². The second kappa shape index (κ2) is 7.38. The van der Waals surface area contributed by atoms with Crippen LogP contribution in [0, 0.1) is 0 Å². The molecular formula is C16H23BrN4O3. The first-order chi connectivity index (χ1) is 11.2. The highest BCUT2D eigenvalue weighted by Gasteiger charge is 2.32. The van der Waals surface area contributed by atoms with Crippen LogP contribution in [0.25, 0.3) is 0 Å². The lowest BCUT2D eigenvalue weighted by Gasteiger charge is -2.39. The number of ether oxygens (including phenoxy) is 1. The lowest BCUT2D eigenvalue weighted by Crippen LogP contribution is -2.57. The van der Waals surface area contributed by atoms with Crippen molar-refractivity contribution >= 4 is 33.9 Å². The molecule has 0 saturated carbocycles. The molecule has 1 aromatic rings. The zero-order valence-electron chi connectivity index (χ0n) is 14.4. The Hall–Kier alpha value is -1.83. The Kier molecular flexibility index (Phi) is 5.69. The van der Waals surface area contributed by atoms with E-state index in [-0.39, 0.29) is 18.2 Å². The van der Waals surface area contributed by atoms with Crippen LogP contribution in [-0.4, -0.2) is 58.2 Å². The van der Waals surface area contributed by atoms with Gasteiger partial charge in [-0.1, -0.05) is 0 Å². The Morgan fingerprint density at radius 2 is 2.04 bits per heavy atom. The van der Waals surface area contributed by atoms with E-state index in [4.69, 9.17) is 4.74 Å². The maximum absolute atomic E-state index is 12.4. The molecule has 2 rings (SSSR count). The van der Waals surface area contributed by atoms with Crippen molar-refractivity contribution in [2.45, 2.75) is 39.3 Å². The average molecular weight is 399 g/mol. The number of nitrogens with zero attached hydrogens (tertiary/aromatic N) is 3. The molecule has 2 heterocycles. The number of anilines is 1. The quantitative estimate of drug-likeness (QED) is 0.786. The van der Waals surface area contributed by atoms with Crippen LogP contribution in [0.2, 0.25) is 0 Å². The summed E-state index contributed by atoms with van der Waals surface area (Å²) in [5.41, 5.74) is -0.526. The fourth-order valence-corrected chi connectivity index (χ4v) is 2.62. The van der Waals surface area contributed by atoms with Crippen LogP contribution in [0.5, 0.6) is 0 Å². The number of amides is 3. The number of carbonyl (C=O) groups excluding carboxylic acids is 2. The van der Waals surface area contributed by atoms with Gasteiger partial charge in [0.15, 0.2) is 0 Å². The standard InChI is InChI=1S/C16H23BrN4O3/c1-11-10-20(15(23)24-16(2,3)4)7-8-21(11)14(22)19-13-6-5-12(17)9-18-13/h5-6,9,11H,7-8,10H2,1-4H3,(H,18,19,22)/t11-/m1/s1. The Morgan fingerprint density at radius 3 is 2.58 bits per heavy atom. The van der Waals surface area contributed by atoms with E-state index < -0.39 is 5.60 Å². The number of aromatic nitrogens is 1. The molecule has 7 nitrogen and oxygen atoms in total. The van der Waals surface area contributed by atoms with Gasteiger partial charge in [-0.3, -0.25) is 5.32 Å². The molecule has 8 heteroatoms. The van der Waals surface area contributed by atoms with Crippen molar-refractivity contribution in [3.05, 3.63) is 22.8 Å². The predicted molar refractivity (Wildman–Crippen MR) is 94.9 cm³/mol. The molecule has 1 saturated heterocycles. The molecule has 132 valence electrons. The number of halogens is 1. The highest BCUT2D eigenvalue weighted by Crippen LogP contribution is 2.16. The van der Waals surface area contributed by atoms with E-state index in [1.54, 1.807) is 22.1 Å². The summed E-state index contributed by atoms with van der Waals surface area (Å²) in [5, 5.41) is 2.77. The number of hydrogen-bond acceptors (Lipinski definition) is 4. The maximum Gasteiger partial charge on any atom is 0.410 e. The lowest BCUT2D eigenvalue weighted by molar-refractivity contribution is 0.0112. The monoisotopic (exact) mass is 398 g/mol. The van der Waals surface area contributed by atoms with E-state index in [2.05, 4.69) is 26.2 Å². The number of hydrogen-bond donors (Lipinski definition) is 1. The summed E-state index contributed by atoms with van der Waals surface area (Å²) >= 11 is 3.30. The van der Waals surface area contributed by atoms with Crippen LogP contribution in [0.15, 0.2) is 22.8 Å².